The third-order valence-corrected chi connectivity index (χ3v) is 4.51. The number of hydrogen-bond acceptors (Lipinski definition) is 3. The van der Waals surface area contributed by atoms with Gasteiger partial charge in [0.05, 0.1) is 6.61 Å². The van der Waals surface area contributed by atoms with Crippen LogP contribution in [0.4, 0.5) is 0 Å². The summed E-state index contributed by atoms with van der Waals surface area (Å²) in [6.45, 7) is 6.62. The van der Waals surface area contributed by atoms with Crippen molar-refractivity contribution in [1.82, 2.24) is 5.32 Å². The van der Waals surface area contributed by atoms with Crippen LogP contribution in [-0.4, -0.2) is 28.9 Å². The van der Waals surface area contributed by atoms with Crippen molar-refractivity contribution in [2.24, 2.45) is 0 Å². The van der Waals surface area contributed by atoms with Gasteiger partial charge in [-0.2, -0.15) is 0 Å². The summed E-state index contributed by atoms with van der Waals surface area (Å²) in [5.74, 6) is 1.52. The Morgan fingerprint density at radius 3 is 2.33 bits per heavy atom. The number of nitrogens with one attached hydrogen (secondary N) is 1. The lowest BCUT2D eigenvalue weighted by Crippen LogP contribution is -2.25. The summed E-state index contributed by atoms with van der Waals surface area (Å²) in [6.07, 6.45) is 0. The van der Waals surface area contributed by atoms with Gasteiger partial charge in [0.15, 0.2) is 0 Å². The van der Waals surface area contributed by atoms with E-state index in [1.165, 1.54) is 0 Å². The first kappa shape index (κ1) is 15.2. The molecule has 0 bridgehead atoms. The van der Waals surface area contributed by atoms with Gasteiger partial charge in [0.1, 0.15) is 5.75 Å². The second-order valence-corrected chi connectivity index (χ2v) is 6.48. The molecule has 0 aliphatic heterocycles. The van der Waals surface area contributed by atoms with Gasteiger partial charge in [-0.15, -0.1) is 0 Å². The Bertz CT molecular complexity index is 376. The van der Waals surface area contributed by atoms with Crippen LogP contribution in [0, 0.1) is 0 Å². The molecule has 0 saturated carbocycles. The van der Waals surface area contributed by atoms with Crippen molar-refractivity contribution in [3.63, 3.8) is 0 Å². The maximum atomic E-state index is 11.9. The molecule has 2 unspecified atom stereocenters. The Kier molecular flexibility index (Phi) is 6.36. The molecule has 0 heterocycles. The lowest BCUT2D eigenvalue weighted by molar-refractivity contribution is 0.340. The van der Waals surface area contributed by atoms with Gasteiger partial charge in [0.25, 0.3) is 0 Å². The lowest BCUT2D eigenvalue weighted by atomic mass is 10.1. The highest BCUT2D eigenvalue weighted by atomic mass is 32.2. The van der Waals surface area contributed by atoms with Crippen LogP contribution >= 0.6 is 0 Å². The van der Waals surface area contributed by atoms with Crippen molar-refractivity contribution in [1.29, 1.82) is 0 Å². The van der Waals surface area contributed by atoms with Crippen LogP contribution in [0.25, 0.3) is 0 Å². The van der Waals surface area contributed by atoms with Gasteiger partial charge in [-0.25, -0.2) is 0 Å². The van der Waals surface area contributed by atoms with Crippen LogP contribution in [0.15, 0.2) is 24.3 Å². The maximum absolute atomic E-state index is 11.9. The summed E-state index contributed by atoms with van der Waals surface area (Å²) >= 11 is 0. The first-order valence-corrected chi connectivity index (χ1v) is 7.73. The van der Waals surface area contributed by atoms with Crippen LogP contribution in [-0.2, 0) is 10.8 Å². The molecule has 0 fully saturated rings. The summed E-state index contributed by atoms with van der Waals surface area (Å²) in [5.41, 5.74) is 1.15. The van der Waals surface area contributed by atoms with E-state index in [9.17, 15) is 4.21 Å². The fourth-order valence-electron chi connectivity index (χ4n) is 1.67. The normalized spacial score (nSPS) is 14.5. The molecule has 102 valence electrons. The Morgan fingerprint density at radius 1 is 1.28 bits per heavy atom. The Hall–Kier alpha value is -0.870. The minimum atomic E-state index is -0.805. The number of hydrogen-bond donors (Lipinski definition) is 1. The lowest BCUT2D eigenvalue weighted by Gasteiger charge is -2.18. The van der Waals surface area contributed by atoms with E-state index in [1.54, 1.807) is 0 Å². The maximum Gasteiger partial charge on any atom is 0.119 e. The van der Waals surface area contributed by atoms with E-state index in [2.05, 4.69) is 5.32 Å². The van der Waals surface area contributed by atoms with E-state index >= 15 is 0 Å². The van der Waals surface area contributed by atoms with Crippen LogP contribution in [0.1, 0.15) is 32.4 Å². The van der Waals surface area contributed by atoms with E-state index < -0.39 is 10.8 Å². The van der Waals surface area contributed by atoms with Gasteiger partial charge in [-0.1, -0.05) is 26.0 Å². The second kappa shape index (κ2) is 7.54. The molecule has 0 aromatic heterocycles. The highest BCUT2D eigenvalue weighted by Gasteiger charge is 2.15. The zero-order valence-electron chi connectivity index (χ0n) is 11.6. The van der Waals surface area contributed by atoms with Crippen LogP contribution < -0.4 is 10.1 Å². The van der Waals surface area contributed by atoms with Crippen molar-refractivity contribution in [3.05, 3.63) is 29.8 Å². The summed E-state index contributed by atoms with van der Waals surface area (Å²) < 4.78 is 17.3. The minimum absolute atomic E-state index is 0.129. The number of ether oxygens (including phenoxy) is 1. The Morgan fingerprint density at radius 2 is 1.89 bits per heavy atom. The molecule has 18 heavy (non-hydrogen) atoms. The van der Waals surface area contributed by atoms with Gasteiger partial charge in [-0.05, 0) is 31.7 Å². The van der Waals surface area contributed by atoms with Gasteiger partial charge in [-0.3, -0.25) is 4.21 Å². The highest BCUT2D eigenvalue weighted by Crippen LogP contribution is 2.19. The van der Waals surface area contributed by atoms with Crippen LogP contribution in [0.5, 0.6) is 5.75 Å². The summed E-state index contributed by atoms with van der Waals surface area (Å²) in [5, 5.41) is 3.42. The molecule has 1 aromatic carbocycles. The molecule has 1 aromatic rings. The smallest absolute Gasteiger partial charge is 0.119 e. The van der Waals surface area contributed by atoms with Crippen molar-refractivity contribution < 1.29 is 8.95 Å². The standard InChI is InChI=1S/C14H23NO2S/c1-5-17-13-8-6-12(7-9-13)14(15-4)10-18(16)11(2)3/h6-9,11,14-15H,5,10H2,1-4H3. The Labute approximate surface area is 112 Å². The van der Waals surface area contributed by atoms with E-state index in [-0.39, 0.29) is 11.3 Å². The van der Waals surface area contributed by atoms with Crippen LogP contribution in [0.3, 0.4) is 0 Å². The van der Waals surface area contributed by atoms with Crippen molar-refractivity contribution in [2.75, 3.05) is 19.4 Å². The SMILES string of the molecule is CCOc1ccc(C(CS(=O)C(C)C)NC)cc1. The third-order valence-electron chi connectivity index (χ3n) is 2.80. The molecular formula is C14H23NO2S. The summed E-state index contributed by atoms with van der Waals surface area (Å²) in [4.78, 5) is 0. The molecule has 3 nitrogen and oxygen atoms in total. The largest absolute Gasteiger partial charge is 0.494 e. The molecule has 0 radical (unpaired) electrons. The van der Waals surface area contributed by atoms with Gasteiger partial charge >= 0.3 is 0 Å². The summed E-state index contributed by atoms with van der Waals surface area (Å²) in [6, 6.07) is 8.11. The number of benzene rings is 1. The zero-order chi connectivity index (χ0) is 13.5. The van der Waals surface area contributed by atoms with E-state index in [0.29, 0.717) is 12.4 Å². The molecular weight excluding hydrogens is 246 g/mol. The van der Waals surface area contributed by atoms with E-state index in [4.69, 9.17) is 4.74 Å². The fraction of sp³-hybridized carbons (Fsp3) is 0.571. The predicted molar refractivity (Wildman–Crippen MR) is 77.6 cm³/mol. The average Bonchev–Trinajstić information content (AvgIpc) is 2.37. The first-order valence-electron chi connectivity index (χ1n) is 6.35. The average molecular weight is 269 g/mol. The molecule has 0 aliphatic carbocycles. The molecule has 4 heteroatoms. The molecule has 0 saturated heterocycles. The second-order valence-electron chi connectivity index (χ2n) is 4.44. The fourth-order valence-corrected chi connectivity index (χ4v) is 2.74. The van der Waals surface area contributed by atoms with Crippen LogP contribution in [0.2, 0.25) is 0 Å². The first-order chi connectivity index (χ1) is 8.58. The predicted octanol–water partition coefficient (Wildman–Crippen LogP) is 2.50. The van der Waals surface area contributed by atoms with E-state index in [1.807, 2.05) is 52.1 Å². The summed E-state index contributed by atoms with van der Waals surface area (Å²) in [7, 11) is 1.10. The van der Waals surface area contributed by atoms with Gasteiger partial charge in [0, 0.05) is 27.8 Å². The molecule has 0 spiro atoms. The topological polar surface area (TPSA) is 38.3 Å². The highest BCUT2D eigenvalue weighted by molar-refractivity contribution is 7.85. The monoisotopic (exact) mass is 269 g/mol. The minimum Gasteiger partial charge on any atom is -0.494 e. The molecule has 1 N–H and O–H groups in total. The van der Waals surface area contributed by atoms with Crippen molar-refractivity contribution in [3.8, 4) is 5.75 Å². The zero-order valence-corrected chi connectivity index (χ0v) is 12.4. The molecule has 2 atom stereocenters. The van der Waals surface area contributed by atoms with Crippen molar-refractivity contribution in [2.45, 2.75) is 32.1 Å². The molecule has 0 aliphatic rings. The van der Waals surface area contributed by atoms with Gasteiger partial charge < -0.3 is 10.1 Å². The molecule has 1 rings (SSSR count). The van der Waals surface area contributed by atoms with Crippen molar-refractivity contribution >= 4 is 10.8 Å². The third kappa shape index (κ3) is 4.42. The number of rotatable bonds is 7. The quantitative estimate of drug-likeness (QED) is 0.826. The van der Waals surface area contributed by atoms with E-state index in [0.717, 1.165) is 11.3 Å². The van der Waals surface area contributed by atoms with Gasteiger partial charge in [0.2, 0.25) is 0 Å². The Balaban J connectivity index is 2.73. The molecule has 0 amide bonds.